The Bertz CT molecular complexity index is 612. The second kappa shape index (κ2) is 7.67. The second-order valence-electron chi connectivity index (χ2n) is 7.12. The highest BCUT2D eigenvalue weighted by Gasteiger charge is 2.53. The number of aliphatic imine (C=N–C) groups is 1. The van der Waals surface area contributed by atoms with Gasteiger partial charge in [-0.25, -0.2) is 4.99 Å². The van der Waals surface area contributed by atoms with Gasteiger partial charge >= 0.3 is 0 Å². The van der Waals surface area contributed by atoms with Crippen LogP contribution in [0.25, 0.3) is 0 Å². The van der Waals surface area contributed by atoms with Crippen LogP contribution in [0.5, 0.6) is 0 Å². The number of likely N-dealkylation sites (tertiary alicyclic amines) is 1. The van der Waals surface area contributed by atoms with Crippen molar-refractivity contribution in [2.75, 3.05) is 13.1 Å². The van der Waals surface area contributed by atoms with E-state index in [2.05, 4.69) is 44.8 Å². The number of nitro groups is 1. The summed E-state index contributed by atoms with van der Waals surface area (Å²) in [5.74, 6) is 0.898. The van der Waals surface area contributed by atoms with Gasteiger partial charge in [0.1, 0.15) is 0 Å². The van der Waals surface area contributed by atoms with Crippen molar-refractivity contribution < 1.29 is 4.92 Å². The fraction of sp³-hybridized carbons (Fsp3) is 0.588. The first kappa shape index (κ1) is 20.7. The third kappa shape index (κ3) is 3.99. The molecule has 1 N–H and O–H groups in total. The lowest BCUT2D eigenvalue weighted by atomic mass is 9.65. The number of non-ortho nitro benzene ring substituents is 1. The summed E-state index contributed by atoms with van der Waals surface area (Å²) in [5, 5.41) is 14.0. The van der Waals surface area contributed by atoms with Gasteiger partial charge < -0.3 is 10.2 Å². The van der Waals surface area contributed by atoms with Gasteiger partial charge in [-0.1, -0.05) is 26.0 Å². The third-order valence-electron chi connectivity index (χ3n) is 5.03. The quantitative estimate of drug-likeness (QED) is 0.251. The predicted octanol–water partition coefficient (Wildman–Crippen LogP) is 3.80. The minimum Gasteiger partial charge on any atom is -0.356 e. The summed E-state index contributed by atoms with van der Waals surface area (Å²) in [6, 6.07) is 6.57. The van der Waals surface area contributed by atoms with Crippen LogP contribution >= 0.6 is 24.0 Å². The lowest BCUT2D eigenvalue weighted by Crippen LogP contribution is -2.72. The van der Waals surface area contributed by atoms with Gasteiger partial charge in [-0.15, -0.1) is 24.0 Å². The van der Waals surface area contributed by atoms with Gasteiger partial charge in [-0.3, -0.25) is 10.1 Å². The molecule has 7 heteroatoms. The molecular formula is C17H27IN4O2. The summed E-state index contributed by atoms with van der Waals surface area (Å²) >= 11 is 0. The molecule has 1 aliphatic heterocycles. The van der Waals surface area contributed by atoms with Crippen molar-refractivity contribution in [3.8, 4) is 0 Å². The first-order valence-corrected chi connectivity index (χ1v) is 7.98. The van der Waals surface area contributed by atoms with E-state index in [-0.39, 0.29) is 45.5 Å². The van der Waals surface area contributed by atoms with Crippen molar-refractivity contribution in [1.82, 2.24) is 10.2 Å². The summed E-state index contributed by atoms with van der Waals surface area (Å²) in [7, 11) is 0. The standard InChI is InChI=1S/C17H26N4O2.HI/c1-6-18-15(20-12-16(2,3)17(20,4)5)19-11-13-7-9-14(10-8-13)21(22)23;/h7-10H,6,11-12H2,1-5H3,(H,18,19);1H. The maximum absolute atomic E-state index is 10.7. The minimum absolute atomic E-state index is 0. The number of nitro benzene ring substituents is 1. The van der Waals surface area contributed by atoms with Crippen molar-refractivity contribution in [2.45, 2.75) is 46.7 Å². The number of nitrogens with zero attached hydrogens (tertiary/aromatic N) is 3. The van der Waals surface area contributed by atoms with Gasteiger partial charge in [0.05, 0.1) is 11.5 Å². The average molecular weight is 446 g/mol. The highest BCUT2D eigenvalue weighted by molar-refractivity contribution is 14.0. The van der Waals surface area contributed by atoms with E-state index < -0.39 is 0 Å². The molecule has 0 saturated carbocycles. The van der Waals surface area contributed by atoms with E-state index in [4.69, 9.17) is 4.99 Å². The number of halogens is 1. The normalized spacial score (nSPS) is 18.4. The van der Waals surface area contributed by atoms with Crippen LogP contribution in [0.4, 0.5) is 5.69 Å². The monoisotopic (exact) mass is 446 g/mol. The van der Waals surface area contributed by atoms with E-state index in [1.165, 1.54) is 12.1 Å². The van der Waals surface area contributed by atoms with Gasteiger partial charge in [0.25, 0.3) is 5.69 Å². The van der Waals surface area contributed by atoms with E-state index >= 15 is 0 Å². The Morgan fingerprint density at radius 1 is 1.29 bits per heavy atom. The fourth-order valence-corrected chi connectivity index (χ4v) is 2.68. The molecule has 0 aromatic heterocycles. The lowest BCUT2D eigenvalue weighted by molar-refractivity contribution is -0.384. The number of guanidine groups is 1. The Morgan fingerprint density at radius 2 is 1.88 bits per heavy atom. The van der Waals surface area contributed by atoms with Crippen LogP contribution < -0.4 is 5.32 Å². The Morgan fingerprint density at radius 3 is 2.29 bits per heavy atom. The van der Waals surface area contributed by atoms with Crippen molar-refractivity contribution in [3.05, 3.63) is 39.9 Å². The summed E-state index contributed by atoms with van der Waals surface area (Å²) in [6.07, 6.45) is 0. The fourth-order valence-electron chi connectivity index (χ4n) is 2.68. The summed E-state index contributed by atoms with van der Waals surface area (Å²) in [4.78, 5) is 17.3. The molecule has 1 saturated heterocycles. The molecule has 0 amide bonds. The zero-order chi connectivity index (χ0) is 17.3. The van der Waals surface area contributed by atoms with Crippen LogP contribution in [0.15, 0.2) is 29.3 Å². The molecule has 1 heterocycles. The van der Waals surface area contributed by atoms with E-state index in [1.54, 1.807) is 12.1 Å². The molecule has 0 aliphatic carbocycles. The molecular weight excluding hydrogens is 419 g/mol. The predicted molar refractivity (Wildman–Crippen MR) is 108 cm³/mol. The minimum atomic E-state index is -0.387. The lowest BCUT2D eigenvalue weighted by Gasteiger charge is -2.62. The molecule has 6 nitrogen and oxygen atoms in total. The molecule has 1 aromatic carbocycles. The molecule has 0 bridgehead atoms. The molecule has 2 rings (SSSR count). The number of benzene rings is 1. The molecule has 1 fully saturated rings. The van der Waals surface area contributed by atoms with Crippen LogP contribution in [0, 0.1) is 15.5 Å². The highest BCUT2D eigenvalue weighted by Crippen LogP contribution is 2.46. The Balaban J connectivity index is 0.00000288. The van der Waals surface area contributed by atoms with Crippen LogP contribution in [-0.2, 0) is 6.54 Å². The molecule has 1 aliphatic rings. The van der Waals surface area contributed by atoms with Gasteiger partial charge in [-0.2, -0.15) is 0 Å². The van der Waals surface area contributed by atoms with Crippen LogP contribution in [0.1, 0.15) is 40.2 Å². The Labute approximate surface area is 160 Å². The number of rotatable bonds is 4. The maximum atomic E-state index is 10.7. The molecule has 0 unspecified atom stereocenters. The highest BCUT2D eigenvalue weighted by atomic mass is 127. The van der Waals surface area contributed by atoms with Crippen molar-refractivity contribution >= 4 is 35.6 Å². The smallest absolute Gasteiger partial charge is 0.269 e. The molecule has 0 spiro atoms. The summed E-state index contributed by atoms with van der Waals surface area (Å²) in [6.45, 7) is 13.3. The van der Waals surface area contributed by atoms with Crippen molar-refractivity contribution in [1.29, 1.82) is 0 Å². The molecule has 1 aromatic rings. The zero-order valence-corrected chi connectivity index (χ0v) is 17.3. The molecule has 134 valence electrons. The molecule has 24 heavy (non-hydrogen) atoms. The summed E-state index contributed by atoms with van der Waals surface area (Å²) < 4.78 is 0. The zero-order valence-electron chi connectivity index (χ0n) is 15.0. The Kier molecular flexibility index (Phi) is 6.60. The SMILES string of the molecule is CCNC(=NCc1ccc([N+](=O)[O-])cc1)N1CC(C)(C)C1(C)C.I. The average Bonchev–Trinajstić information content (AvgIpc) is 2.49. The van der Waals surface area contributed by atoms with Crippen LogP contribution in [0.3, 0.4) is 0 Å². The molecule has 0 atom stereocenters. The second-order valence-corrected chi connectivity index (χ2v) is 7.12. The van der Waals surface area contributed by atoms with Gasteiger partial charge in [0, 0.05) is 36.2 Å². The van der Waals surface area contributed by atoms with E-state index in [1.807, 2.05) is 0 Å². The first-order valence-electron chi connectivity index (χ1n) is 7.98. The van der Waals surface area contributed by atoms with E-state index in [0.717, 1.165) is 24.6 Å². The summed E-state index contributed by atoms with van der Waals surface area (Å²) in [5.41, 5.74) is 1.36. The molecule has 0 radical (unpaired) electrons. The van der Waals surface area contributed by atoms with Gasteiger partial charge in [0.2, 0.25) is 0 Å². The largest absolute Gasteiger partial charge is 0.356 e. The Hall–Kier alpha value is -1.38. The van der Waals surface area contributed by atoms with Crippen molar-refractivity contribution in [2.24, 2.45) is 10.4 Å². The van der Waals surface area contributed by atoms with E-state index in [0.29, 0.717) is 6.54 Å². The van der Waals surface area contributed by atoms with Crippen molar-refractivity contribution in [3.63, 3.8) is 0 Å². The van der Waals surface area contributed by atoms with Crippen LogP contribution in [-0.4, -0.2) is 34.4 Å². The third-order valence-corrected chi connectivity index (χ3v) is 5.03. The topological polar surface area (TPSA) is 70.8 Å². The number of hydrogen-bond donors (Lipinski definition) is 1. The number of nitrogens with one attached hydrogen (secondary N) is 1. The van der Waals surface area contributed by atoms with Crippen LogP contribution in [0.2, 0.25) is 0 Å². The first-order chi connectivity index (χ1) is 10.7. The number of hydrogen-bond acceptors (Lipinski definition) is 3. The van der Waals surface area contributed by atoms with Gasteiger partial charge in [-0.05, 0) is 26.3 Å². The van der Waals surface area contributed by atoms with E-state index in [9.17, 15) is 10.1 Å². The maximum Gasteiger partial charge on any atom is 0.269 e. The van der Waals surface area contributed by atoms with Gasteiger partial charge in [0.15, 0.2) is 5.96 Å².